The van der Waals surface area contributed by atoms with Crippen LogP contribution in [0.1, 0.15) is 0 Å². The van der Waals surface area contributed by atoms with E-state index in [4.69, 9.17) is 9.47 Å². The van der Waals surface area contributed by atoms with Gasteiger partial charge in [0, 0.05) is 6.07 Å². The number of para-hydroxylation sites is 1. The second-order valence-electron chi connectivity index (χ2n) is 3.33. The van der Waals surface area contributed by atoms with E-state index in [0.717, 1.165) is 6.07 Å². The lowest BCUT2D eigenvalue weighted by Gasteiger charge is -2.08. The molecule has 2 nitrogen and oxygen atoms in total. The average molecular weight is 236 g/mol. The quantitative estimate of drug-likeness (QED) is 0.807. The summed E-state index contributed by atoms with van der Waals surface area (Å²) in [5.74, 6) is -0.665. The molecule has 0 unspecified atom stereocenters. The first-order valence-corrected chi connectivity index (χ1v) is 4.96. The van der Waals surface area contributed by atoms with Gasteiger partial charge in [-0.25, -0.2) is 8.78 Å². The van der Waals surface area contributed by atoms with Crippen molar-refractivity contribution in [1.29, 1.82) is 0 Å². The number of hydrogen-bond acceptors (Lipinski definition) is 2. The van der Waals surface area contributed by atoms with E-state index in [9.17, 15) is 8.78 Å². The van der Waals surface area contributed by atoms with Crippen molar-refractivity contribution in [2.24, 2.45) is 0 Å². The molecule has 2 rings (SSSR count). The third kappa shape index (κ3) is 2.53. The lowest BCUT2D eigenvalue weighted by Crippen LogP contribution is -1.91. The van der Waals surface area contributed by atoms with Crippen LogP contribution >= 0.6 is 0 Å². The van der Waals surface area contributed by atoms with Crippen LogP contribution < -0.4 is 9.47 Å². The molecule has 0 amide bonds. The van der Waals surface area contributed by atoms with E-state index in [1.807, 2.05) is 0 Å². The molecule has 0 spiro atoms. The first-order chi connectivity index (χ1) is 8.20. The van der Waals surface area contributed by atoms with E-state index in [-0.39, 0.29) is 17.2 Å². The third-order valence-electron chi connectivity index (χ3n) is 2.19. The fourth-order valence-electron chi connectivity index (χ4n) is 1.37. The predicted molar refractivity (Wildman–Crippen MR) is 59.4 cm³/mol. The molecule has 0 bridgehead atoms. The van der Waals surface area contributed by atoms with Crippen molar-refractivity contribution in [3.05, 3.63) is 54.1 Å². The summed E-state index contributed by atoms with van der Waals surface area (Å²) in [5.41, 5.74) is 0. The second-order valence-corrected chi connectivity index (χ2v) is 3.33. The summed E-state index contributed by atoms with van der Waals surface area (Å²) in [7, 11) is 1.37. The number of benzene rings is 2. The van der Waals surface area contributed by atoms with Crippen molar-refractivity contribution in [3.8, 4) is 17.2 Å². The van der Waals surface area contributed by atoms with Crippen LogP contribution in [0.4, 0.5) is 8.78 Å². The Hall–Kier alpha value is -2.10. The Kier molecular flexibility index (Phi) is 3.23. The number of methoxy groups -OCH3 is 1. The molecule has 2 aromatic rings. The molecule has 2 aromatic carbocycles. The SMILES string of the molecule is COc1ccc(Oc2ccccc2F)cc1F. The molecular formula is C13H10F2O2. The minimum Gasteiger partial charge on any atom is -0.494 e. The van der Waals surface area contributed by atoms with Gasteiger partial charge in [-0.1, -0.05) is 12.1 Å². The summed E-state index contributed by atoms with van der Waals surface area (Å²) in [6, 6.07) is 10.0. The molecule has 88 valence electrons. The summed E-state index contributed by atoms with van der Waals surface area (Å²) in [5, 5.41) is 0. The van der Waals surface area contributed by atoms with Gasteiger partial charge < -0.3 is 9.47 Å². The van der Waals surface area contributed by atoms with Crippen LogP contribution in [0, 0.1) is 11.6 Å². The summed E-state index contributed by atoms with van der Waals surface area (Å²) < 4.78 is 36.6. The van der Waals surface area contributed by atoms with E-state index >= 15 is 0 Å². The summed E-state index contributed by atoms with van der Waals surface area (Å²) in [6.45, 7) is 0. The summed E-state index contributed by atoms with van der Waals surface area (Å²) in [6.07, 6.45) is 0. The van der Waals surface area contributed by atoms with Crippen molar-refractivity contribution >= 4 is 0 Å². The maximum atomic E-state index is 13.4. The van der Waals surface area contributed by atoms with Gasteiger partial charge in [-0.15, -0.1) is 0 Å². The third-order valence-corrected chi connectivity index (χ3v) is 2.19. The molecule has 0 fully saturated rings. The lowest BCUT2D eigenvalue weighted by atomic mass is 10.3. The van der Waals surface area contributed by atoms with Crippen molar-refractivity contribution in [3.63, 3.8) is 0 Å². The normalized spacial score (nSPS) is 10.1. The van der Waals surface area contributed by atoms with Gasteiger partial charge in [0.2, 0.25) is 0 Å². The highest BCUT2D eigenvalue weighted by atomic mass is 19.1. The van der Waals surface area contributed by atoms with E-state index in [1.165, 1.54) is 31.4 Å². The van der Waals surface area contributed by atoms with E-state index in [0.29, 0.717) is 0 Å². The maximum absolute atomic E-state index is 13.4. The van der Waals surface area contributed by atoms with Gasteiger partial charge in [0.05, 0.1) is 7.11 Å². The fraction of sp³-hybridized carbons (Fsp3) is 0.0769. The number of hydrogen-bond donors (Lipinski definition) is 0. The van der Waals surface area contributed by atoms with Gasteiger partial charge in [0.1, 0.15) is 5.75 Å². The van der Waals surface area contributed by atoms with Crippen LogP contribution in [0.25, 0.3) is 0 Å². The molecule has 0 radical (unpaired) electrons. The number of rotatable bonds is 3. The van der Waals surface area contributed by atoms with Gasteiger partial charge in [-0.3, -0.25) is 0 Å². The molecule has 0 atom stereocenters. The molecule has 0 aromatic heterocycles. The van der Waals surface area contributed by atoms with Crippen molar-refractivity contribution in [2.45, 2.75) is 0 Å². The smallest absolute Gasteiger partial charge is 0.168 e. The Balaban J connectivity index is 2.25. The van der Waals surface area contributed by atoms with Crippen molar-refractivity contribution in [2.75, 3.05) is 7.11 Å². The maximum Gasteiger partial charge on any atom is 0.168 e. The lowest BCUT2D eigenvalue weighted by molar-refractivity contribution is 0.382. The van der Waals surface area contributed by atoms with Crippen LogP contribution in [0.2, 0.25) is 0 Å². The van der Waals surface area contributed by atoms with Crippen molar-refractivity contribution < 1.29 is 18.3 Å². The standard InChI is InChI=1S/C13H10F2O2/c1-16-12-7-6-9(8-11(12)15)17-13-5-3-2-4-10(13)14/h2-8H,1H3. The topological polar surface area (TPSA) is 18.5 Å². The monoisotopic (exact) mass is 236 g/mol. The van der Waals surface area contributed by atoms with Crippen molar-refractivity contribution in [1.82, 2.24) is 0 Å². The second kappa shape index (κ2) is 4.82. The molecule has 0 heterocycles. The highest BCUT2D eigenvalue weighted by Gasteiger charge is 2.07. The van der Waals surface area contributed by atoms with Gasteiger partial charge in [0.15, 0.2) is 23.1 Å². The molecule has 0 aliphatic carbocycles. The zero-order valence-corrected chi connectivity index (χ0v) is 9.11. The fourth-order valence-corrected chi connectivity index (χ4v) is 1.37. The molecule has 4 heteroatoms. The van der Waals surface area contributed by atoms with Gasteiger partial charge in [0.25, 0.3) is 0 Å². The molecule has 0 N–H and O–H groups in total. The van der Waals surface area contributed by atoms with E-state index < -0.39 is 11.6 Å². The summed E-state index contributed by atoms with van der Waals surface area (Å²) in [4.78, 5) is 0. The Morgan fingerprint density at radius 3 is 2.29 bits per heavy atom. The minimum absolute atomic E-state index is 0.0528. The minimum atomic E-state index is -0.554. The van der Waals surface area contributed by atoms with Gasteiger partial charge in [-0.05, 0) is 24.3 Å². The zero-order valence-electron chi connectivity index (χ0n) is 9.11. The summed E-state index contributed by atoms with van der Waals surface area (Å²) >= 11 is 0. The van der Waals surface area contributed by atoms with Crippen LogP contribution in [-0.4, -0.2) is 7.11 Å². The molecule has 0 aliphatic heterocycles. The van der Waals surface area contributed by atoms with Crippen LogP contribution in [-0.2, 0) is 0 Å². The molecule has 0 saturated carbocycles. The molecular weight excluding hydrogens is 226 g/mol. The predicted octanol–water partition coefficient (Wildman–Crippen LogP) is 3.77. The number of ether oxygens (including phenoxy) is 2. The van der Waals surface area contributed by atoms with Gasteiger partial charge >= 0.3 is 0 Å². The highest BCUT2D eigenvalue weighted by molar-refractivity contribution is 5.36. The highest BCUT2D eigenvalue weighted by Crippen LogP contribution is 2.27. The van der Waals surface area contributed by atoms with Gasteiger partial charge in [-0.2, -0.15) is 0 Å². The molecule has 0 aliphatic rings. The zero-order chi connectivity index (χ0) is 12.3. The Labute approximate surface area is 97.4 Å². The Morgan fingerprint density at radius 2 is 1.65 bits per heavy atom. The van der Waals surface area contributed by atoms with Crippen LogP contribution in [0.3, 0.4) is 0 Å². The largest absolute Gasteiger partial charge is 0.494 e. The Bertz CT molecular complexity index is 527. The number of halogens is 2. The van der Waals surface area contributed by atoms with E-state index in [2.05, 4.69) is 0 Å². The average Bonchev–Trinajstić information content (AvgIpc) is 2.32. The Morgan fingerprint density at radius 1 is 0.882 bits per heavy atom. The first kappa shape index (κ1) is 11.4. The molecule has 0 saturated heterocycles. The van der Waals surface area contributed by atoms with Crippen LogP contribution in [0.5, 0.6) is 17.2 Å². The van der Waals surface area contributed by atoms with E-state index in [1.54, 1.807) is 12.1 Å². The molecule has 17 heavy (non-hydrogen) atoms. The first-order valence-electron chi connectivity index (χ1n) is 4.96. The van der Waals surface area contributed by atoms with Crippen LogP contribution in [0.15, 0.2) is 42.5 Å².